The molecule has 2 fully saturated rings. The maximum absolute atomic E-state index is 12.6. The van der Waals surface area contributed by atoms with Gasteiger partial charge in [0.1, 0.15) is 0 Å². The maximum atomic E-state index is 12.6. The van der Waals surface area contributed by atoms with E-state index < -0.39 is 0 Å². The summed E-state index contributed by atoms with van der Waals surface area (Å²) in [7, 11) is 0. The predicted octanol–water partition coefficient (Wildman–Crippen LogP) is 1.84. The maximum Gasteiger partial charge on any atom is 0.225 e. The van der Waals surface area contributed by atoms with Crippen LogP contribution in [0.1, 0.15) is 51.9 Å². The molecule has 0 aromatic rings. The molecule has 0 spiro atoms. The van der Waals surface area contributed by atoms with Gasteiger partial charge >= 0.3 is 0 Å². The van der Waals surface area contributed by atoms with E-state index in [-0.39, 0.29) is 0 Å². The Kier molecular flexibility index (Phi) is 6.30. The largest absolute Gasteiger partial charge is 0.340 e. The molecule has 1 amide bonds. The van der Waals surface area contributed by atoms with E-state index in [4.69, 9.17) is 5.73 Å². The van der Waals surface area contributed by atoms with Crippen molar-refractivity contribution < 1.29 is 4.79 Å². The van der Waals surface area contributed by atoms with Crippen LogP contribution in [0.5, 0.6) is 0 Å². The molecule has 0 aromatic carbocycles. The molecule has 4 nitrogen and oxygen atoms in total. The van der Waals surface area contributed by atoms with Crippen molar-refractivity contribution >= 4 is 5.91 Å². The summed E-state index contributed by atoms with van der Waals surface area (Å²) in [4.78, 5) is 17.2. The first-order chi connectivity index (χ1) is 9.76. The lowest BCUT2D eigenvalue weighted by atomic mass is 9.98. The number of hydrogen-bond acceptors (Lipinski definition) is 3. The van der Waals surface area contributed by atoms with Crippen LogP contribution >= 0.6 is 0 Å². The van der Waals surface area contributed by atoms with Gasteiger partial charge in [0, 0.05) is 44.7 Å². The molecular formula is C16H31N3O. The average Bonchev–Trinajstić information content (AvgIpc) is 2.77. The minimum absolute atomic E-state index is 0.306. The Morgan fingerprint density at radius 2 is 1.70 bits per heavy atom. The number of piperazine rings is 1. The van der Waals surface area contributed by atoms with Gasteiger partial charge in [-0.2, -0.15) is 0 Å². The molecule has 4 heteroatoms. The number of carbonyl (C=O) groups excluding carboxylic acids is 1. The average molecular weight is 281 g/mol. The normalized spacial score (nSPS) is 24.4. The van der Waals surface area contributed by atoms with Gasteiger partial charge in [0.05, 0.1) is 0 Å². The van der Waals surface area contributed by atoms with Crippen LogP contribution in [0.25, 0.3) is 0 Å². The zero-order chi connectivity index (χ0) is 14.4. The monoisotopic (exact) mass is 281 g/mol. The van der Waals surface area contributed by atoms with Crippen LogP contribution in [0.2, 0.25) is 0 Å². The van der Waals surface area contributed by atoms with Crippen LogP contribution in [0, 0.1) is 5.92 Å². The summed E-state index contributed by atoms with van der Waals surface area (Å²) in [6.45, 7) is 6.70. The van der Waals surface area contributed by atoms with E-state index in [2.05, 4.69) is 16.7 Å². The topological polar surface area (TPSA) is 49.6 Å². The number of rotatable bonds is 4. The number of nitrogens with two attached hydrogens (primary N) is 1. The first-order valence-electron chi connectivity index (χ1n) is 8.49. The molecule has 1 heterocycles. The quantitative estimate of drug-likeness (QED) is 0.800. The number of carbonyl (C=O) groups is 1. The van der Waals surface area contributed by atoms with Crippen LogP contribution in [-0.4, -0.2) is 54.5 Å². The Balaban J connectivity index is 1.81. The first-order valence-corrected chi connectivity index (χ1v) is 8.49. The minimum atomic E-state index is 0.306. The third kappa shape index (κ3) is 3.95. The molecule has 0 radical (unpaired) electrons. The molecule has 1 saturated carbocycles. The smallest absolute Gasteiger partial charge is 0.225 e. The van der Waals surface area contributed by atoms with Crippen molar-refractivity contribution in [2.24, 2.45) is 11.7 Å². The van der Waals surface area contributed by atoms with Gasteiger partial charge in [0.25, 0.3) is 0 Å². The Morgan fingerprint density at radius 3 is 2.20 bits per heavy atom. The fourth-order valence-electron chi connectivity index (χ4n) is 3.67. The van der Waals surface area contributed by atoms with Gasteiger partial charge in [-0.1, -0.05) is 32.6 Å². The number of amides is 1. The highest BCUT2D eigenvalue weighted by molar-refractivity contribution is 5.79. The highest BCUT2D eigenvalue weighted by atomic mass is 16.2. The molecule has 0 aromatic heterocycles. The van der Waals surface area contributed by atoms with Crippen molar-refractivity contribution in [2.45, 2.75) is 57.9 Å². The molecule has 1 aliphatic carbocycles. The van der Waals surface area contributed by atoms with Gasteiger partial charge in [-0.25, -0.2) is 0 Å². The fraction of sp³-hybridized carbons (Fsp3) is 0.938. The lowest BCUT2D eigenvalue weighted by molar-refractivity contribution is -0.138. The second-order valence-electron chi connectivity index (χ2n) is 6.35. The molecule has 2 rings (SSSR count). The molecule has 2 aliphatic rings. The van der Waals surface area contributed by atoms with Crippen molar-refractivity contribution in [3.8, 4) is 0 Å². The van der Waals surface area contributed by atoms with Gasteiger partial charge in [-0.05, 0) is 19.3 Å². The Bertz CT molecular complexity index is 288. The summed E-state index contributed by atoms with van der Waals surface area (Å²) >= 11 is 0. The summed E-state index contributed by atoms with van der Waals surface area (Å²) < 4.78 is 0. The SMILES string of the molecule is CCC(CN)N1CCN(C(=O)C2CCCCCC2)CC1. The zero-order valence-electron chi connectivity index (χ0n) is 13.0. The van der Waals surface area contributed by atoms with Crippen molar-refractivity contribution in [1.82, 2.24) is 9.80 Å². The van der Waals surface area contributed by atoms with Gasteiger partial charge in [-0.3, -0.25) is 9.69 Å². The second kappa shape index (κ2) is 7.99. The van der Waals surface area contributed by atoms with Crippen molar-refractivity contribution in [3.63, 3.8) is 0 Å². The van der Waals surface area contributed by atoms with E-state index in [1.807, 2.05) is 0 Å². The molecule has 0 bridgehead atoms. The summed E-state index contributed by atoms with van der Waals surface area (Å²) in [5.74, 6) is 0.730. The number of hydrogen-bond donors (Lipinski definition) is 1. The molecule has 1 saturated heterocycles. The highest BCUT2D eigenvalue weighted by Crippen LogP contribution is 2.25. The lowest BCUT2D eigenvalue weighted by Gasteiger charge is -2.39. The molecule has 1 unspecified atom stereocenters. The molecule has 20 heavy (non-hydrogen) atoms. The molecule has 1 atom stereocenters. The van der Waals surface area contributed by atoms with E-state index in [9.17, 15) is 4.79 Å². The van der Waals surface area contributed by atoms with E-state index in [1.54, 1.807) is 0 Å². The lowest BCUT2D eigenvalue weighted by Crippen LogP contribution is -2.54. The Morgan fingerprint density at radius 1 is 1.10 bits per heavy atom. The van der Waals surface area contributed by atoms with E-state index in [0.717, 1.165) is 52.0 Å². The Labute approximate surface area is 123 Å². The van der Waals surface area contributed by atoms with E-state index >= 15 is 0 Å². The van der Waals surface area contributed by atoms with Crippen molar-refractivity contribution in [2.75, 3.05) is 32.7 Å². The minimum Gasteiger partial charge on any atom is -0.340 e. The van der Waals surface area contributed by atoms with Crippen LogP contribution in [0.3, 0.4) is 0 Å². The van der Waals surface area contributed by atoms with Crippen LogP contribution in [0.15, 0.2) is 0 Å². The predicted molar refractivity (Wildman–Crippen MR) is 82.5 cm³/mol. The summed E-state index contributed by atoms with van der Waals surface area (Å²) in [6.07, 6.45) is 8.42. The third-order valence-corrected chi connectivity index (χ3v) is 5.09. The first kappa shape index (κ1) is 15.8. The van der Waals surface area contributed by atoms with Crippen LogP contribution in [-0.2, 0) is 4.79 Å². The summed E-state index contributed by atoms with van der Waals surface area (Å²) in [5, 5.41) is 0. The molecule has 1 aliphatic heterocycles. The van der Waals surface area contributed by atoms with Crippen molar-refractivity contribution in [3.05, 3.63) is 0 Å². The Hall–Kier alpha value is -0.610. The van der Waals surface area contributed by atoms with E-state index in [0.29, 0.717) is 17.9 Å². The molecule has 2 N–H and O–H groups in total. The summed E-state index contributed by atoms with van der Waals surface area (Å²) in [6, 6.07) is 0.491. The fourth-order valence-corrected chi connectivity index (χ4v) is 3.67. The standard InChI is InChI=1S/C16H31N3O/c1-2-15(13-17)18-9-11-19(12-10-18)16(20)14-7-5-3-4-6-8-14/h14-15H,2-13,17H2,1H3. The van der Waals surface area contributed by atoms with Gasteiger partial charge in [0.2, 0.25) is 5.91 Å². The second-order valence-corrected chi connectivity index (χ2v) is 6.35. The number of nitrogens with zero attached hydrogens (tertiary/aromatic N) is 2. The van der Waals surface area contributed by atoms with Gasteiger partial charge in [-0.15, -0.1) is 0 Å². The zero-order valence-corrected chi connectivity index (χ0v) is 13.0. The van der Waals surface area contributed by atoms with E-state index in [1.165, 1.54) is 25.7 Å². The van der Waals surface area contributed by atoms with Crippen molar-refractivity contribution in [1.29, 1.82) is 0 Å². The van der Waals surface area contributed by atoms with Gasteiger partial charge < -0.3 is 10.6 Å². The van der Waals surface area contributed by atoms with Crippen LogP contribution in [0.4, 0.5) is 0 Å². The molecular weight excluding hydrogens is 250 g/mol. The van der Waals surface area contributed by atoms with Crippen LogP contribution < -0.4 is 5.73 Å². The summed E-state index contributed by atoms with van der Waals surface area (Å²) in [5.41, 5.74) is 5.82. The van der Waals surface area contributed by atoms with Gasteiger partial charge in [0.15, 0.2) is 0 Å². The highest BCUT2D eigenvalue weighted by Gasteiger charge is 2.29. The third-order valence-electron chi connectivity index (χ3n) is 5.09. The molecule has 116 valence electrons.